The lowest BCUT2D eigenvalue weighted by atomic mass is 9.77. The average molecular weight is 720 g/mol. The first-order chi connectivity index (χ1) is 23.3. The third-order valence-electron chi connectivity index (χ3n) is 6.93. The maximum atomic E-state index is 14.1. The number of halogens is 10. The number of methoxy groups -OCH3 is 1. The molecule has 0 saturated carbocycles. The van der Waals surface area contributed by atoms with Crippen molar-refractivity contribution in [2.45, 2.75) is 30.9 Å². The molecule has 0 unspecified atom stereocenters. The number of benzene rings is 4. The van der Waals surface area contributed by atoms with E-state index in [0.29, 0.717) is 12.1 Å². The van der Waals surface area contributed by atoms with Crippen molar-refractivity contribution in [2.75, 3.05) is 13.7 Å². The van der Waals surface area contributed by atoms with Crippen LogP contribution in [0.25, 0.3) is 0 Å². The highest BCUT2D eigenvalue weighted by atomic mass is 19.4. The van der Waals surface area contributed by atoms with Crippen LogP contribution in [0.5, 0.6) is 17.2 Å². The van der Waals surface area contributed by atoms with Crippen LogP contribution in [0.15, 0.2) is 91.0 Å². The van der Waals surface area contributed by atoms with E-state index < -0.39 is 77.8 Å². The van der Waals surface area contributed by atoms with Gasteiger partial charge in [0.1, 0.15) is 23.1 Å². The van der Waals surface area contributed by atoms with Crippen molar-refractivity contribution in [3.63, 3.8) is 0 Å². The molecule has 0 aliphatic rings. The van der Waals surface area contributed by atoms with Gasteiger partial charge in [0.15, 0.2) is 6.61 Å². The Morgan fingerprint density at radius 1 is 0.680 bits per heavy atom. The fourth-order valence-corrected chi connectivity index (χ4v) is 4.88. The van der Waals surface area contributed by atoms with Crippen LogP contribution in [-0.2, 0) is 27.7 Å². The van der Waals surface area contributed by atoms with Gasteiger partial charge in [0.05, 0.1) is 18.2 Å². The van der Waals surface area contributed by atoms with Crippen molar-refractivity contribution in [3.05, 3.63) is 125 Å². The van der Waals surface area contributed by atoms with Gasteiger partial charge in [-0.3, -0.25) is 4.79 Å². The van der Waals surface area contributed by atoms with Crippen LogP contribution < -0.4 is 19.5 Å². The predicted octanol–water partition coefficient (Wildman–Crippen LogP) is 8.11. The molecule has 0 saturated heterocycles. The molecular weight excluding hydrogens is 696 g/mol. The molecule has 0 spiro atoms. The Labute approximate surface area is 276 Å². The Kier molecular flexibility index (Phi) is 10.9. The van der Waals surface area contributed by atoms with E-state index in [1.807, 2.05) is 0 Å². The van der Waals surface area contributed by atoms with Crippen LogP contribution in [0, 0.1) is 5.82 Å². The number of ether oxygens (including phenoxy) is 4. The molecule has 17 heteroatoms. The highest BCUT2D eigenvalue weighted by Gasteiger charge is 2.41. The van der Waals surface area contributed by atoms with E-state index in [-0.39, 0.29) is 28.5 Å². The van der Waals surface area contributed by atoms with Crippen molar-refractivity contribution in [3.8, 4) is 17.2 Å². The van der Waals surface area contributed by atoms with E-state index in [2.05, 4.69) is 19.5 Å². The summed E-state index contributed by atoms with van der Waals surface area (Å²) in [4.78, 5) is 25.4. The first-order valence-electron chi connectivity index (χ1n) is 14.0. The van der Waals surface area contributed by atoms with Gasteiger partial charge < -0.3 is 24.3 Å². The summed E-state index contributed by atoms with van der Waals surface area (Å²) >= 11 is 0. The van der Waals surface area contributed by atoms with Gasteiger partial charge in [-0.15, -0.1) is 26.3 Å². The van der Waals surface area contributed by atoms with Gasteiger partial charge in [0.2, 0.25) is 0 Å². The maximum absolute atomic E-state index is 14.1. The molecule has 4 aromatic carbocycles. The van der Waals surface area contributed by atoms with Gasteiger partial charge in [-0.25, -0.2) is 9.18 Å². The first kappa shape index (κ1) is 37.3. The monoisotopic (exact) mass is 719 g/mol. The molecule has 0 aliphatic heterocycles. The fourth-order valence-electron chi connectivity index (χ4n) is 4.88. The minimum Gasteiger partial charge on any atom is -0.482 e. The number of carbonyl (C=O) groups is 2. The lowest BCUT2D eigenvalue weighted by Gasteiger charge is -2.37. The minimum absolute atomic E-state index is 0.0461. The summed E-state index contributed by atoms with van der Waals surface area (Å²) in [5, 5.41) is 2.47. The summed E-state index contributed by atoms with van der Waals surface area (Å²) in [6.45, 7) is -0.554. The third kappa shape index (κ3) is 9.79. The number of alkyl halides is 9. The van der Waals surface area contributed by atoms with E-state index >= 15 is 0 Å². The second-order valence-corrected chi connectivity index (χ2v) is 10.4. The highest BCUT2D eigenvalue weighted by molar-refractivity contribution is 5.95. The molecule has 0 radical (unpaired) electrons. The fraction of sp³-hybridized carbons (Fsp3) is 0.212. The molecule has 0 fully saturated rings. The van der Waals surface area contributed by atoms with Gasteiger partial charge in [0.25, 0.3) is 5.91 Å². The summed E-state index contributed by atoms with van der Waals surface area (Å²) in [5.41, 5.74) is -5.12. The van der Waals surface area contributed by atoms with Crippen LogP contribution in [0.4, 0.5) is 43.9 Å². The second-order valence-electron chi connectivity index (χ2n) is 10.4. The third-order valence-corrected chi connectivity index (χ3v) is 6.93. The molecule has 0 aliphatic carbocycles. The number of nitrogens with one attached hydrogen (secondary N) is 1. The predicted molar refractivity (Wildman–Crippen MR) is 154 cm³/mol. The van der Waals surface area contributed by atoms with Gasteiger partial charge >= 0.3 is 24.9 Å². The van der Waals surface area contributed by atoms with Gasteiger partial charge in [-0.05, 0) is 71.3 Å². The van der Waals surface area contributed by atoms with E-state index in [1.54, 1.807) is 0 Å². The van der Waals surface area contributed by atoms with Crippen LogP contribution in [-0.4, -0.2) is 38.3 Å². The smallest absolute Gasteiger partial charge is 0.482 e. The molecule has 4 aromatic rings. The second kappa shape index (κ2) is 14.6. The lowest BCUT2D eigenvalue weighted by Crippen LogP contribution is -2.48. The molecule has 1 amide bonds. The van der Waals surface area contributed by atoms with Crippen molar-refractivity contribution >= 4 is 11.9 Å². The molecule has 50 heavy (non-hydrogen) atoms. The number of hydrogen-bond acceptors (Lipinski definition) is 6. The SMILES string of the molecule is COC(=O)COc1cccc(CC(NC(=O)c2ccc(F)c(C(F)(F)F)c2)(c2cccc(OC(F)(F)F)c2)c2cccc(OC(F)(F)F)c2)c1. The van der Waals surface area contributed by atoms with E-state index in [9.17, 15) is 53.5 Å². The number of hydrogen-bond donors (Lipinski definition) is 1. The topological polar surface area (TPSA) is 83.1 Å². The molecular formula is C33H23F10NO6. The summed E-state index contributed by atoms with van der Waals surface area (Å²) < 4.78 is 152. The van der Waals surface area contributed by atoms with Gasteiger partial charge in [-0.1, -0.05) is 36.4 Å². The van der Waals surface area contributed by atoms with Crippen LogP contribution in [0.1, 0.15) is 32.6 Å². The number of carbonyl (C=O) groups excluding carboxylic acids is 2. The quantitative estimate of drug-likeness (QED) is 0.125. The molecule has 0 heterocycles. The van der Waals surface area contributed by atoms with Crippen molar-refractivity contribution in [1.29, 1.82) is 0 Å². The van der Waals surface area contributed by atoms with Crippen LogP contribution >= 0.6 is 0 Å². The number of esters is 1. The summed E-state index contributed by atoms with van der Waals surface area (Å²) in [7, 11) is 1.10. The normalized spacial score (nSPS) is 12.2. The minimum atomic E-state index is -5.24. The van der Waals surface area contributed by atoms with Crippen molar-refractivity contribution in [2.24, 2.45) is 0 Å². The van der Waals surface area contributed by atoms with Gasteiger partial charge in [0, 0.05) is 12.0 Å². The molecule has 7 nitrogen and oxygen atoms in total. The molecule has 1 N–H and O–H groups in total. The van der Waals surface area contributed by atoms with Crippen LogP contribution in [0.3, 0.4) is 0 Å². The number of rotatable bonds is 11. The largest absolute Gasteiger partial charge is 0.573 e. The zero-order valence-corrected chi connectivity index (χ0v) is 25.3. The van der Waals surface area contributed by atoms with E-state index in [1.165, 1.54) is 36.4 Å². The Bertz CT molecular complexity index is 1780. The maximum Gasteiger partial charge on any atom is 0.573 e. The zero-order valence-electron chi connectivity index (χ0n) is 25.3. The molecule has 0 aromatic heterocycles. The molecule has 0 atom stereocenters. The lowest BCUT2D eigenvalue weighted by molar-refractivity contribution is -0.275. The standard InChI is InChI=1S/C33H23F10NO6/c1-47-28(45)18-48-23-8-2-5-19(13-23)17-30(21-6-3-9-24(15-21)49-32(38,39)40,22-7-4-10-25(16-22)50-33(41,42)43)44-29(46)20-11-12-27(34)26(14-20)31(35,36)37/h2-16H,17-18H2,1H3,(H,44,46). The zero-order chi connectivity index (χ0) is 36.9. The summed E-state index contributed by atoms with van der Waals surface area (Å²) in [6.07, 6.45) is -16.2. The Balaban J connectivity index is 1.97. The molecule has 4 rings (SSSR count). The first-order valence-corrected chi connectivity index (χ1v) is 14.0. The van der Waals surface area contributed by atoms with Crippen molar-refractivity contribution < 1.29 is 72.4 Å². The van der Waals surface area contributed by atoms with Gasteiger partial charge in [-0.2, -0.15) is 13.2 Å². The Morgan fingerprint density at radius 2 is 1.22 bits per heavy atom. The highest BCUT2D eigenvalue weighted by Crippen LogP contribution is 2.40. The Morgan fingerprint density at radius 3 is 1.74 bits per heavy atom. The van der Waals surface area contributed by atoms with E-state index in [4.69, 9.17) is 4.74 Å². The van der Waals surface area contributed by atoms with Crippen molar-refractivity contribution in [1.82, 2.24) is 5.32 Å². The molecule has 0 bridgehead atoms. The Hall–Kier alpha value is -5.48. The van der Waals surface area contributed by atoms with E-state index in [0.717, 1.165) is 43.5 Å². The number of amides is 1. The summed E-state index contributed by atoms with van der Waals surface area (Å²) in [5.74, 6) is -5.42. The van der Waals surface area contributed by atoms with Crippen LogP contribution in [0.2, 0.25) is 0 Å². The average Bonchev–Trinajstić information content (AvgIpc) is 3.01. The summed E-state index contributed by atoms with van der Waals surface area (Å²) in [6, 6.07) is 14.8. The molecule has 266 valence electrons.